The Balaban J connectivity index is 1.45. The van der Waals surface area contributed by atoms with Crippen LogP contribution in [0, 0.1) is 12.8 Å². The fraction of sp³-hybridized carbons (Fsp3) is 0.407. The molecule has 5 rings (SSSR count). The van der Waals surface area contributed by atoms with E-state index in [1.165, 1.54) is 18.4 Å². The molecule has 0 aliphatic carbocycles. The van der Waals surface area contributed by atoms with Gasteiger partial charge in [0.2, 0.25) is 5.82 Å². The number of rotatable bonds is 6. The summed E-state index contributed by atoms with van der Waals surface area (Å²) >= 11 is 1.40. The molecule has 1 saturated heterocycles. The van der Waals surface area contributed by atoms with Crippen LogP contribution in [0.4, 0.5) is 23.7 Å². The molecule has 42 heavy (non-hydrogen) atoms. The number of benzene rings is 1. The van der Waals surface area contributed by atoms with E-state index in [-0.39, 0.29) is 29.6 Å². The van der Waals surface area contributed by atoms with Crippen LogP contribution < -0.4 is 15.0 Å². The number of ether oxygens (including phenoxy) is 2. The van der Waals surface area contributed by atoms with Crippen LogP contribution in [0.2, 0.25) is 0 Å². The van der Waals surface area contributed by atoms with Gasteiger partial charge in [-0.2, -0.15) is 13.2 Å². The first-order chi connectivity index (χ1) is 19.9. The minimum absolute atomic E-state index is 0.0262. The molecule has 4 heterocycles. The van der Waals surface area contributed by atoms with Gasteiger partial charge in [0.15, 0.2) is 12.4 Å². The zero-order chi connectivity index (χ0) is 30.2. The molecule has 222 valence electrons. The van der Waals surface area contributed by atoms with Crippen LogP contribution in [0.1, 0.15) is 46.0 Å². The van der Waals surface area contributed by atoms with Crippen LogP contribution in [0.15, 0.2) is 30.7 Å². The fourth-order valence-electron chi connectivity index (χ4n) is 4.89. The monoisotopic (exact) mass is 604 g/mol. The molecule has 2 aromatic heterocycles. The largest absolute Gasteiger partial charge is 0.481 e. The van der Waals surface area contributed by atoms with Crippen molar-refractivity contribution >= 4 is 34.9 Å². The number of aryl methyl sites for hydroxylation is 1. The highest BCUT2D eigenvalue weighted by Crippen LogP contribution is 2.44. The Morgan fingerprint density at radius 1 is 1.21 bits per heavy atom. The minimum Gasteiger partial charge on any atom is -0.481 e. The molecule has 1 unspecified atom stereocenters. The van der Waals surface area contributed by atoms with Crippen LogP contribution in [0.25, 0.3) is 10.6 Å². The summed E-state index contributed by atoms with van der Waals surface area (Å²) in [4.78, 5) is 53.8. The third-order valence-corrected chi connectivity index (χ3v) is 7.99. The molecule has 0 saturated carbocycles. The van der Waals surface area contributed by atoms with E-state index in [0.717, 1.165) is 17.3 Å². The predicted octanol–water partition coefficient (Wildman–Crippen LogP) is 4.23. The number of methoxy groups -OCH3 is 1. The zero-order valence-corrected chi connectivity index (χ0v) is 23.7. The Morgan fingerprint density at radius 3 is 2.60 bits per heavy atom. The van der Waals surface area contributed by atoms with Crippen molar-refractivity contribution in [2.75, 3.05) is 38.3 Å². The van der Waals surface area contributed by atoms with Gasteiger partial charge in [0.05, 0.1) is 24.4 Å². The van der Waals surface area contributed by atoms with Gasteiger partial charge in [-0.3, -0.25) is 9.59 Å². The van der Waals surface area contributed by atoms with Crippen LogP contribution in [-0.4, -0.2) is 71.1 Å². The van der Waals surface area contributed by atoms with Crippen molar-refractivity contribution in [1.29, 1.82) is 0 Å². The zero-order valence-electron chi connectivity index (χ0n) is 22.9. The quantitative estimate of drug-likeness (QED) is 0.443. The lowest BCUT2D eigenvalue weighted by molar-refractivity contribution is -0.145. The third-order valence-electron chi connectivity index (χ3n) is 7.05. The maximum atomic E-state index is 13.5. The van der Waals surface area contributed by atoms with Crippen molar-refractivity contribution in [2.24, 2.45) is 5.92 Å². The number of nitrogens with one attached hydrogen (secondary N) is 1. The minimum atomic E-state index is -4.68. The number of anilines is 1. The van der Waals surface area contributed by atoms with Gasteiger partial charge in [0.25, 0.3) is 11.8 Å². The molecule has 1 N–H and O–H groups in total. The summed E-state index contributed by atoms with van der Waals surface area (Å²) in [6.07, 6.45) is -0.715. The lowest BCUT2D eigenvalue weighted by atomic mass is 10.0. The number of halogens is 3. The number of aromatic nitrogens is 3. The van der Waals surface area contributed by atoms with Gasteiger partial charge in [-0.05, 0) is 38.3 Å². The number of thiazole rings is 1. The maximum Gasteiger partial charge on any atom is 0.451 e. The van der Waals surface area contributed by atoms with Crippen molar-refractivity contribution in [2.45, 2.75) is 32.5 Å². The van der Waals surface area contributed by atoms with Gasteiger partial charge in [-0.15, -0.1) is 11.3 Å². The molecule has 15 heteroatoms. The highest BCUT2D eigenvalue weighted by atomic mass is 32.1. The summed E-state index contributed by atoms with van der Waals surface area (Å²) in [7, 11) is 1.32. The van der Waals surface area contributed by atoms with Crippen molar-refractivity contribution in [3.8, 4) is 16.3 Å². The highest BCUT2D eigenvalue weighted by Gasteiger charge is 2.36. The van der Waals surface area contributed by atoms with Crippen LogP contribution in [0.3, 0.4) is 0 Å². The van der Waals surface area contributed by atoms with Gasteiger partial charge in [0.1, 0.15) is 5.01 Å². The number of nitrogens with zero attached hydrogens (tertiary/aromatic N) is 5. The second-order valence-electron chi connectivity index (χ2n) is 10.0. The second-order valence-corrected chi connectivity index (χ2v) is 11.3. The van der Waals surface area contributed by atoms with E-state index >= 15 is 0 Å². The molecular formula is C27H27F3N6O5S. The molecule has 11 nitrogen and oxygen atoms in total. The smallest absolute Gasteiger partial charge is 0.451 e. The third kappa shape index (κ3) is 6.00. The predicted molar refractivity (Wildman–Crippen MR) is 145 cm³/mol. The fourth-order valence-corrected chi connectivity index (χ4v) is 5.66. The Bertz CT molecular complexity index is 1510. The molecule has 0 bridgehead atoms. The van der Waals surface area contributed by atoms with E-state index in [0.29, 0.717) is 48.1 Å². The summed E-state index contributed by atoms with van der Waals surface area (Å²) in [5.74, 6) is -1.72. The van der Waals surface area contributed by atoms with E-state index in [1.807, 2.05) is 6.92 Å². The molecule has 2 aliphatic heterocycles. The molecule has 3 amide bonds. The number of alkyl halides is 3. The Labute approximate surface area is 242 Å². The number of hydrogen-bond donors (Lipinski definition) is 1. The number of likely N-dealkylation sites (tertiary alicyclic amines) is 1. The van der Waals surface area contributed by atoms with Gasteiger partial charge in [-0.25, -0.2) is 19.7 Å². The number of hydrogen-bond acceptors (Lipinski definition) is 9. The van der Waals surface area contributed by atoms with Crippen LogP contribution in [0.5, 0.6) is 5.75 Å². The SMILES string of the molecule is COC(=O)N1CCC(CN2C(=O)COc3c(-c4ncc(C)s4)cc(C(=O)N[C@H](C)c4cnc(C(F)(F)F)nc4)cc32)C1. The summed E-state index contributed by atoms with van der Waals surface area (Å²) in [6, 6.07) is 2.44. The molecule has 2 atom stereocenters. The first kappa shape index (κ1) is 29.2. The lowest BCUT2D eigenvalue weighted by Gasteiger charge is -2.32. The van der Waals surface area contributed by atoms with E-state index in [4.69, 9.17) is 9.47 Å². The lowest BCUT2D eigenvalue weighted by Crippen LogP contribution is -2.42. The Morgan fingerprint density at radius 2 is 1.95 bits per heavy atom. The average Bonchev–Trinajstić information content (AvgIpc) is 3.62. The van der Waals surface area contributed by atoms with Gasteiger partial charge >= 0.3 is 12.3 Å². The molecule has 1 aromatic carbocycles. The van der Waals surface area contributed by atoms with Gasteiger partial charge in [0, 0.05) is 54.2 Å². The van der Waals surface area contributed by atoms with Crippen molar-refractivity contribution in [3.05, 3.63) is 52.6 Å². The van der Waals surface area contributed by atoms with E-state index in [1.54, 1.807) is 35.1 Å². The Hall–Kier alpha value is -4.27. The van der Waals surface area contributed by atoms with Crippen molar-refractivity contribution in [3.63, 3.8) is 0 Å². The highest BCUT2D eigenvalue weighted by molar-refractivity contribution is 7.15. The Kier molecular flexibility index (Phi) is 8.03. The second kappa shape index (κ2) is 11.5. The molecule has 2 aliphatic rings. The van der Waals surface area contributed by atoms with Gasteiger partial charge < -0.3 is 24.6 Å². The van der Waals surface area contributed by atoms with Crippen molar-refractivity contribution in [1.82, 2.24) is 25.2 Å². The van der Waals surface area contributed by atoms with E-state index in [2.05, 4.69) is 20.3 Å². The molecule has 0 spiro atoms. The first-order valence-corrected chi connectivity index (χ1v) is 13.8. The summed E-state index contributed by atoms with van der Waals surface area (Å²) < 4.78 is 49.3. The summed E-state index contributed by atoms with van der Waals surface area (Å²) in [6.45, 7) is 4.50. The van der Waals surface area contributed by atoms with E-state index < -0.39 is 30.0 Å². The van der Waals surface area contributed by atoms with E-state index in [9.17, 15) is 27.6 Å². The summed E-state index contributed by atoms with van der Waals surface area (Å²) in [5.41, 5.74) is 1.40. The number of carbonyl (C=O) groups excluding carboxylic acids is 3. The van der Waals surface area contributed by atoms with Gasteiger partial charge in [-0.1, -0.05) is 0 Å². The van der Waals surface area contributed by atoms with Crippen LogP contribution in [-0.2, 0) is 15.7 Å². The number of amides is 3. The molecular weight excluding hydrogens is 577 g/mol. The maximum absolute atomic E-state index is 13.5. The summed E-state index contributed by atoms with van der Waals surface area (Å²) in [5, 5.41) is 3.36. The topological polar surface area (TPSA) is 127 Å². The normalized spacial score (nSPS) is 17.5. The molecule has 0 radical (unpaired) electrons. The number of fused-ring (bicyclic) bond motifs is 1. The molecule has 1 fully saturated rings. The number of carbonyl (C=O) groups is 3. The van der Waals surface area contributed by atoms with Crippen LogP contribution >= 0.6 is 11.3 Å². The first-order valence-electron chi connectivity index (χ1n) is 13.0. The standard InChI is InChI=1S/C27H27F3N6O5S/c1-14-8-31-24(42-14)19-6-17(23(38)34-15(2)18-9-32-25(33-10-18)27(28,29)30)7-20-22(19)41-13-21(37)36(20)12-16-4-5-35(11-16)26(39)40-3/h6-10,15-16H,4-5,11-13H2,1-3H3,(H,34,38)/t15-,16?/m1/s1. The van der Waals surface area contributed by atoms with Crippen molar-refractivity contribution < 1.29 is 37.0 Å². The molecule has 3 aromatic rings. The average molecular weight is 605 g/mol.